The summed E-state index contributed by atoms with van der Waals surface area (Å²) in [7, 11) is 0. The first kappa shape index (κ1) is 13.8. The van der Waals surface area contributed by atoms with Gasteiger partial charge >= 0.3 is 0 Å². The highest BCUT2D eigenvalue weighted by molar-refractivity contribution is 5.31. The van der Waals surface area contributed by atoms with Gasteiger partial charge in [-0.2, -0.15) is 5.26 Å². The van der Waals surface area contributed by atoms with Crippen molar-refractivity contribution in [1.82, 2.24) is 0 Å². The summed E-state index contributed by atoms with van der Waals surface area (Å²) in [5, 5.41) is 8.73. The summed E-state index contributed by atoms with van der Waals surface area (Å²) in [6, 6.07) is 10.2. The molecule has 0 spiro atoms. The molecule has 0 unspecified atom stereocenters. The van der Waals surface area contributed by atoms with Crippen molar-refractivity contribution in [3.8, 4) is 6.07 Å². The minimum absolute atomic E-state index is 0. The highest BCUT2D eigenvalue weighted by atomic mass is 14.2. The van der Waals surface area contributed by atoms with Crippen LogP contribution in [0.5, 0.6) is 0 Å². The van der Waals surface area contributed by atoms with E-state index in [1.807, 2.05) is 12.1 Å². The van der Waals surface area contributed by atoms with Gasteiger partial charge in [0.1, 0.15) is 0 Å². The predicted molar refractivity (Wildman–Crippen MR) is 72.7 cm³/mol. The summed E-state index contributed by atoms with van der Waals surface area (Å²) in [6.07, 6.45) is 6.72. The lowest BCUT2D eigenvalue weighted by Gasteiger charge is -2.26. The van der Waals surface area contributed by atoms with Gasteiger partial charge in [-0.15, -0.1) is 0 Å². The van der Waals surface area contributed by atoms with E-state index in [2.05, 4.69) is 25.1 Å². The molecule has 1 aromatic rings. The van der Waals surface area contributed by atoms with Crippen molar-refractivity contribution in [2.75, 3.05) is 0 Å². The Morgan fingerprint density at radius 3 is 2.24 bits per heavy atom. The van der Waals surface area contributed by atoms with Crippen LogP contribution < -0.4 is 0 Å². The van der Waals surface area contributed by atoms with Gasteiger partial charge in [-0.1, -0.05) is 39.3 Å². The Balaban J connectivity index is 0.00000144. The van der Waals surface area contributed by atoms with Gasteiger partial charge in [-0.3, -0.25) is 0 Å². The third kappa shape index (κ3) is 3.89. The van der Waals surface area contributed by atoms with E-state index in [-0.39, 0.29) is 7.43 Å². The predicted octanol–water partition coefficient (Wildman–Crippen LogP) is 4.56. The highest BCUT2D eigenvalue weighted by Gasteiger charge is 2.18. The zero-order valence-electron chi connectivity index (χ0n) is 9.95. The maximum absolute atomic E-state index is 8.73. The molecule has 1 nitrogen and oxygen atoms in total. The molecule has 1 aromatic carbocycles. The molecule has 2 rings (SSSR count). The summed E-state index contributed by atoms with van der Waals surface area (Å²) in [6.45, 7) is 2.36. The third-order valence-corrected chi connectivity index (χ3v) is 3.74. The van der Waals surface area contributed by atoms with E-state index < -0.39 is 0 Å². The first-order valence-electron chi connectivity index (χ1n) is 6.27. The molecule has 1 heteroatoms. The Morgan fingerprint density at radius 1 is 1.12 bits per heavy atom. The summed E-state index contributed by atoms with van der Waals surface area (Å²) in [5.41, 5.74) is 2.15. The van der Waals surface area contributed by atoms with Gasteiger partial charge in [0.2, 0.25) is 0 Å². The Labute approximate surface area is 105 Å². The zero-order chi connectivity index (χ0) is 11.4. The molecule has 0 aliphatic heterocycles. The van der Waals surface area contributed by atoms with E-state index in [4.69, 9.17) is 5.26 Å². The molecule has 0 atom stereocenters. The van der Waals surface area contributed by atoms with Crippen molar-refractivity contribution in [2.24, 2.45) is 11.8 Å². The van der Waals surface area contributed by atoms with Crippen LogP contribution >= 0.6 is 0 Å². The fourth-order valence-electron chi connectivity index (χ4n) is 2.58. The molecular weight excluding hydrogens is 206 g/mol. The van der Waals surface area contributed by atoms with Crippen molar-refractivity contribution in [3.05, 3.63) is 35.4 Å². The molecule has 1 aliphatic rings. The zero-order valence-corrected chi connectivity index (χ0v) is 9.95. The number of hydrogen-bond donors (Lipinski definition) is 0. The van der Waals surface area contributed by atoms with E-state index in [1.54, 1.807) is 0 Å². The second-order valence-corrected chi connectivity index (χ2v) is 5.14. The van der Waals surface area contributed by atoms with Crippen molar-refractivity contribution in [1.29, 1.82) is 5.26 Å². The van der Waals surface area contributed by atoms with E-state index in [9.17, 15) is 0 Å². The smallest absolute Gasteiger partial charge is 0.0991 e. The summed E-state index contributed by atoms with van der Waals surface area (Å²) >= 11 is 0. The first-order chi connectivity index (χ1) is 7.78. The summed E-state index contributed by atoms with van der Waals surface area (Å²) in [4.78, 5) is 0. The van der Waals surface area contributed by atoms with E-state index in [0.717, 1.165) is 17.4 Å². The third-order valence-electron chi connectivity index (χ3n) is 3.74. The van der Waals surface area contributed by atoms with Crippen molar-refractivity contribution < 1.29 is 0 Å². The largest absolute Gasteiger partial charge is 0.192 e. The first-order valence-corrected chi connectivity index (χ1v) is 6.27. The molecule has 0 radical (unpaired) electrons. The van der Waals surface area contributed by atoms with Crippen LogP contribution in [0.1, 0.15) is 51.2 Å². The lowest BCUT2D eigenvalue weighted by Crippen LogP contribution is -2.14. The van der Waals surface area contributed by atoms with E-state index >= 15 is 0 Å². The topological polar surface area (TPSA) is 23.8 Å². The molecular formula is C16H23N. The monoisotopic (exact) mass is 229 g/mol. The van der Waals surface area contributed by atoms with Crippen LogP contribution in [-0.2, 0) is 6.42 Å². The Morgan fingerprint density at radius 2 is 1.71 bits per heavy atom. The lowest BCUT2D eigenvalue weighted by molar-refractivity contribution is 0.289. The van der Waals surface area contributed by atoms with Gasteiger partial charge in [0.25, 0.3) is 0 Å². The molecule has 17 heavy (non-hydrogen) atoms. The minimum atomic E-state index is 0. The SMILES string of the molecule is C.CC1CCC(Cc2ccc(C#N)cc2)CC1. The molecule has 0 amide bonds. The molecule has 0 bridgehead atoms. The Kier molecular flexibility index (Phi) is 5.22. The second-order valence-electron chi connectivity index (χ2n) is 5.14. The number of benzene rings is 1. The van der Waals surface area contributed by atoms with Crippen LogP contribution in [0, 0.1) is 23.2 Å². The van der Waals surface area contributed by atoms with E-state index in [1.165, 1.54) is 37.7 Å². The minimum Gasteiger partial charge on any atom is -0.192 e. The Bertz CT molecular complexity index is 364. The standard InChI is InChI=1S/C15H19N.CH4/c1-12-2-4-13(5-3-12)10-14-6-8-15(11-16)9-7-14;/h6-9,12-13H,2-5,10H2,1H3;1H4. The van der Waals surface area contributed by atoms with Crippen LogP contribution in [-0.4, -0.2) is 0 Å². The fraction of sp³-hybridized carbons (Fsp3) is 0.562. The van der Waals surface area contributed by atoms with Gasteiger partial charge in [-0.05, 0) is 48.8 Å². The van der Waals surface area contributed by atoms with Crippen LogP contribution in [0.3, 0.4) is 0 Å². The van der Waals surface area contributed by atoms with Crippen LogP contribution in [0.25, 0.3) is 0 Å². The van der Waals surface area contributed by atoms with Crippen LogP contribution in [0.15, 0.2) is 24.3 Å². The van der Waals surface area contributed by atoms with Gasteiger partial charge in [0.05, 0.1) is 11.6 Å². The lowest BCUT2D eigenvalue weighted by atomic mass is 9.80. The van der Waals surface area contributed by atoms with Crippen molar-refractivity contribution in [2.45, 2.75) is 46.5 Å². The number of nitrogens with zero attached hydrogens (tertiary/aromatic N) is 1. The number of nitriles is 1. The molecule has 0 aromatic heterocycles. The van der Waals surface area contributed by atoms with Gasteiger partial charge in [0.15, 0.2) is 0 Å². The molecule has 1 fully saturated rings. The summed E-state index contributed by atoms with van der Waals surface area (Å²) in [5.74, 6) is 1.79. The normalized spacial score (nSPS) is 23.5. The van der Waals surface area contributed by atoms with Gasteiger partial charge in [-0.25, -0.2) is 0 Å². The molecule has 1 saturated carbocycles. The van der Waals surface area contributed by atoms with Crippen LogP contribution in [0.2, 0.25) is 0 Å². The quantitative estimate of drug-likeness (QED) is 0.729. The van der Waals surface area contributed by atoms with Crippen molar-refractivity contribution in [3.63, 3.8) is 0 Å². The fourth-order valence-corrected chi connectivity index (χ4v) is 2.58. The summed E-state index contributed by atoms with van der Waals surface area (Å²) < 4.78 is 0. The maximum Gasteiger partial charge on any atom is 0.0991 e. The molecule has 1 aliphatic carbocycles. The maximum atomic E-state index is 8.73. The average Bonchev–Trinajstić information content (AvgIpc) is 2.33. The molecule has 0 N–H and O–H groups in total. The molecule has 92 valence electrons. The second kappa shape index (κ2) is 6.45. The van der Waals surface area contributed by atoms with Gasteiger partial charge < -0.3 is 0 Å². The van der Waals surface area contributed by atoms with Crippen LogP contribution in [0.4, 0.5) is 0 Å². The Hall–Kier alpha value is -1.29. The molecule has 0 saturated heterocycles. The highest BCUT2D eigenvalue weighted by Crippen LogP contribution is 2.30. The van der Waals surface area contributed by atoms with Crippen molar-refractivity contribution >= 4 is 0 Å². The van der Waals surface area contributed by atoms with E-state index in [0.29, 0.717) is 0 Å². The number of rotatable bonds is 2. The molecule has 0 heterocycles. The van der Waals surface area contributed by atoms with Gasteiger partial charge in [0, 0.05) is 0 Å². The average molecular weight is 229 g/mol. The number of hydrogen-bond acceptors (Lipinski definition) is 1.